The average Bonchev–Trinajstić information content (AvgIpc) is 3.01. The minimum absolute atomic E-state index is 0.0506. The lowest BCUT2D eigenvalue weighted by Gasteiger charge is -2.42. The molecule has 13 nitrogen and oxygen atoms in total. The number of methoxy groups -OCH3 is 1. The Labute approximate surface area is 259 Å². The first-order valence-electron chi connectivity index (χ1n) is 14.6. The van der Waals surface area contributed by atoms with Gasteiger partial charge in [-0.25, -0.2) is 13.4 Å². The molecule has 3 aromatic rings. The summed E-state index contributed by atoms with van der Waals surface area (Å²) in [4.78, 5) is 28.5. The molecule has 0 radical (unpaired) electrons. The normalized spacial score (nSPS) is 16.9. The molecule has 0 bridgehead atoms. The third-order valence-electron chi connectivity index (χ3n) is 8.36. The van der Waals surface area contributed by atoms with Crippen molar-refractivity contribution in [3.63, 3.8) is 0 Å². The molecule has 44 heavy (non-hydrogen) atoms. The predicted octanol–water partition coefficient (Wildman–Crippen LogP) is 2.68. The maximum absolute atomic E-state index is 12.2. The first-order valence-corrected chi connectivity index (χ1v) is 16.5. The van der Waals surface area contributed by atoms with E-state index in [1.807, 2.05) is 12.1 Å². The van der Waals surface area contributed by atoms with Crippen molar-refractivity contribution in [3.05, 3.63) is 54.2 Å². The third-order valence-corrected chi connectivity index (χ3v) is 9.56. The van der Waals surface area contributed by atoms with E-state index >= 15 is 0 Å². The van der Waals surface area contributed by atoms with Gasteiger partial charge >= 0.3 is 0 Å². The lowest BCUT2D eigenvalue weighted by atomic mass is 10.0. The number of benzene rings is 2. The Morgan fingerprint density at radius 2 is 1.73 bits per heavy atom. The zero-order valence-corrected chi connectivity index (χ0v) is 26.5. The number of sulfonamides is 1. The number of aromatic nitrogens is 2. The molecule has 0 saturated carbocycles. The molecule has 2 aliphatic heterocycles. The molecule has 1 amide bonds. The number of piperazine rings is 1. The van der Waals surface area contributed by atoms with E-state index in [1.165, 1.54) is 13.2 Å². The van der Waals surface area contributed by atoms with Crippen molar-refractivity contribution in [1.82, 2.24) is 19.8 Å². The quantitative estimate of drug-likeness (QED) is 0.306. The van der Waals surface area contributed by atoms with Crippen LogP contribution >= 0.6 is 0 Å². The van der Waals surface area contributed by atoms with Crippen LogP contribution in [0.15, 0.2) is 48.7 Å². The standard InChI is InChI=1S/C30H41N9O4S/c1-36-15-17-39(18-16-36)21-11-13-38(14-12-21)22-9-10-25(27(19-22)43-3)34-30-32-20-23(28(31)40)29(35-30)33-24-7-5-6-8-26(24)37(2)44(4,41)42/h5-10,19-21H,11-18H2,1-4H3,(H2,31,40)(H2,32,33,34,35). The maximum Gasteiger partial charge on any atom is 0.254 e. The zero-order valence-electron chi connectivity index (χ0n) is 25.7. The fraction of sp³-hybridized carbons (Fsp3) is 0.433. The molecule has 2 saturated heterocycles. The summed E-state index contributed by atoms with van der Waals surface area (Å²) >= 11 is 0. The second kappa shape index (κ2) is 13.2. The fourth-order valence-corrected chi connectivity index (χ4v) is 6.17. The van der Waals surface area contributed by atoms with Crippen LogP contribution in [0, 0.1) is 0 Å². The molecule has 0 aliphatic carbocycles. The Morgan fingerprint density at radius 1 is 1.02 bits per heavy atom. The number of anilines is 6. The van der Waals surface area contributed by atoms with Crippen LogP contribution in [0.4, 0.5) is 34.5 Å². The molecule has 0 spiro atoms. The summed E-state index contributed by atoms with van der Waals surface area (Å²) in [6.07, 6.45) is 4.70. The summed E-state index contributed by atoms with van der Waals surface area (Å²) in [5.41, 5.74) is 8.20. The van der Waals surface area contributed by atoms with E-state index in [9.17, 15) is 13.2 Å². The number of amides is 1. The number of hydrogen-bond acceptors (Lipinski definition) is 11. The SMILES string of the molecule is COc1cc(N2CCC(N3CCN(C)CC3)CC2)ccc1Nc1ncc(C(N)=O)c(Nc2ccccc2N(C)S(C)(=O)=O)n1. The van der Waals surface area contributed by atoms with Gasteiger partial charge in [-0.05, 0) is 44.2 Å². The molecule has 2 aromatic carbocycles. The van der Waals surface area contributed by atoms with Crippen molar-refractivity contribution >= 4 is 50.4 Å². The minimum Gasteiger partial charge on any atom is -0.494 e. The number of nitrogens with zero attached hydrogens (tertiary/aromatic N) is 6. The molecule has 3 heterocycles. The Morgan fingerprint density at radius 3 is 2.39 bits per heavy atom. The van der Waals surface area contributed by atoms with E-state index in [0.29, 0.717) is 28.9 Å². The van der Waals surface area contributed by atoms with E-state index in [2.05, 4.69) is 48.4 Å². The Kier molecular flexibility index (Phi) is 9.42. The van der Waals surface area contributed by atoms with E-state index in [1.54, 1.807) is 31.4 Å². The van der Waals surface area contributed by atoms with Crippen LogP contribution in [0.25, 0.3) is 0 Å². The van der Waals surface area contributed by atoms with Crippen molar-refractivity contribution in [2.45, 2.75) is 18.9 Å². The largest absolute Gasteiger partial charge is 0.494 e. The molecule has 5 rings (SSSR count). The predicted molar refractivity (Wildman–Crippen MR) is 174 cm³/mol. The van der Waals surface area contributed by atoms with Crippen molar-refractivity contribution in [1.29, 1.82) is 0 Å². The molecule has 2 fully saturated rings. The van der Waals surface area contributed by atoms with Gasteiger partial charge in [-0.1, -0.05) is 12.1 Å². The number of piperidine rings is 1. The number of primary amides is 1. The van der Waals surface area contributed by atoms with Gasteiger partial charge < -0.3 is 30.9 Å². The zero-order chi connectivity index (χ0) is 31.4. The van der Waals surface area contributed by atoms with Gasteiger partial charge in [0.15, 0.2) is 0 Å². The molecular formula is C30H41N9O4S. The number of rotatable bonds is 10. The maximum atomic E-state index is 12.2. The van der Waals surface area contributed by atoms with Gasteiger partial charge in [-0.2, -0.15) is 4.98 Å². The van der Waals surface area contributed by atoms with Crippen molar-refractivity contribution in [2.24, 2.45) is 5.73 Å². The molecule has 14 heteroatoms. The summed E-state index contributed by atoms with van der Waals surface area (Å²) in [5.74, 6) is 0.223. The van der Waals surface area contributed by atoms with Crippen LogP contribution in [0.3, 0.4) is 0 Å². The second-order valence-corrected chi connectivity index (χ2v) is 13.3. The number of para-hydroxylation sites is 2. The van der Waals surface area contributed by atoms with Gasteiger partial charge in [0.25, 0.3) is 5.91 Å². The Balaban J connectivity index is 1.32. The van der Waals surface area contributed by atoms with Crippen LogP contribution in [0.1, 0.15) is 23.2 Å². The highest BCUT2D eigenvalue weighted by Gasteiger charge is 2.27. The minimum atomic E-state index is -3.54. The number of likely N-dealkylation sites (N-methyl/N-ethyl adjacent to an activating group) is 1. The van der Waals surface area contributed by atoms with Gasteiger partial charge in [-0.3, -0.25) is 14.0 Å². The number of hydrogen-bond donors (Lipinski definition) is 3. The lowest BCUT2D eigenvalue weighted by molar-refractivity contribution is 0.0982. The summed E-state index contributed by atoms with van der Waals surface area (Å²) in [5, 5.41) is 6.26. The summed E-state index contributed by atoms with van der Waals surface area (Å²) in [6.45, 7) is 6.50. The third kappa shape index (κ3) is 7.14. The van der Waals surface area contributed by atoms with Gasteiger partial charge in [0.05, 0.1) is 30.4 Å². The van der Waals surface area contributed by atoms with Crippen molar-refractivity contribution in [2.75, 3.05) is 86.6 Å². The molecule has 2 aliphatic rings. The highest BCUT2D eigenvalue weighted by atomic mass is 32.2. The van der Waals surface area contributed by atoms with Crippen LogP contribution in [0.5, 0.6) is 5.75 Å². The topological polar surface area (TPSA) is 149 Å². The molecule has 0 atom stereocenters. The molecule has 1 aromatic heterocycles. The lowest BCUT2D eigenvalue weighted by Crippen LogP contribution is -2.52. The Bertz CT molecular complexity index is 1590. The van der Waals surface area contributed by atoms with E-state index in [4.69, 9.17) is 10.5 Å². The van der Waals surface area contributed by atoms with Gasteiger partial charge in [0, 0.05) is 70.3 Å². The summed E-state index contributed by atoms with van der Waals surface area (Å²) < 4.78 is 31.3. The van der Waals surface area contributed by atoms with Gasteiger partial charge in [0.2, 0.25) is 16.0 Å². The van der Waals surface area contributed by atoms with Crippen LogP contribution in [-0.4, -0.2) is 107 Å². The van der Waals surface area contributed by atoms with Gasteiger partial charge in [-0.15, -0.1) is 0 Å². The summed E-state index contributed by atoms with van der Waals surface area (Å²) in [7, 11) is 1.71. The van der Waals surface area contributed by atoms with Crippen molar-refractivity contribution < 1.29 is 17.9 Å². The number of nitrogens with two attached hydrogens (primary N) is 1. The average molecular weight is 624 g/mol. The van der Waals surface area contributed by atoms with Crippen LogP contribution in [0.2, 0.25) is 0 Å². The number of carbonyl (C=O) groups is 1. The molecule has 236 valence electrons. The highest BCUT2D eigenvalue weighted by molar-refractivity contribution is 7.92. The van der Waals surface area contributed by atoms with Crippen molar-refractivity contribution in [3.8, 4) is 5.75 Å². The van der Waals surface area contributed by atoms with E-state index in [0.717, 1.165) is 68.4 Å². The van der Waals surface area contributed by atoms with Crippen LogP contribution in [-0.2, 0) is 10.0 Å². The summed E-state index contributed by atoms with van der Waals surface area (Å²) in [6, 6.07) is 13.4. The fourth-order valence-electron chi connectivity index (χ4n) is 5.65. The van der Waals surface area contributed by atoms with E-state index in [-0.39, 0.29) is 17.3 Å². The molecular weight excluding hydrogens is 582 g/mol. The highest BCUT2D eigenvalue weighted by Crippen LogP contribution is 2.34. The monoisotopic (exact) mass is 623 g/mol. The number of carbonyl (C=O) groups excluding carboxylic acids is 1. The first kappa shape index (κ1) is 31.3. The smallest absolute Gasteiger partial charge is 0.254 e. The van der Waals surface area contributed by atoms with Gasteiger partial charge in [0.1, 0.15) is 17.1 Å². The number of ether oxygens (including phenoxy) is 1. The Hall–Kier alpha value is -4.14. The van der Waals surface area contributed by atoms with E-state index < -0.39 is 15.9 Å². The second-order valence-electron chi connectivity index (χ2n) is 11.3. The number of nitrogens with one attached hydrogen (secondary N) is 2. The molecule has 4 N–H and O–H groups in total. The molecule has 0 unspecified atom stereocenters. The first-order chi connectivity index (χ1) is 21.0. The van der Waals surface area contributed by atoms with Crippen LogP contribution < -0.4 is 30.3 Å².